The molecular formula is C16H21ClN4O2. The van der Waals surface area contributed by atoms with E-state index in [0.29, 0.717) is 12.4 Å². The molecule has 0 bridgehead atoms. The highest BCUT2D eigenvalue weighted by Gasteiger charge is 2.21. The quantitative estimate of drug-likeness (QED) is 0.832. The van der Waals surface area contributed by atoms with E-state index in [1.807, 2.05) is 24.4 Å². The lowest BCUT2D eigenvalue weighted by atomic mass is 10.2. The number of methoxy groups -OCH3 is 1. The summed E-state index contributed by atoms with van der Waals surface area (Å²) in [7, 11) is 1.62. The van der Waals surface area contributed by atoms with Crippen molar-refractivity contribution in [3.63, 3.8) is 0 Å². The van der Waals surface area contributed by atoms with Gasteiger partial charge in [-0.1, -0.05) is 0 Å². The van der Waals surface area contributed by atoms with E-state index in [0.717, 1.165) is 42.9 Å². The average molecular weight is 337 g/mol. The molecule has 1 atom stereocenters. The monoisotopic (exact) mass is 336 g/mol. The Hall–Kier alpha value is -1.63. The minimum absolute atomic E-state index is 0.277. The van der Waals surface area contributed by atoms with Crippen LogP contribution in [0.15, 0.2) is 24.4 Å². The van der Waals surface area contributed by atoms with Crippen molar-refractivity contribution in [1.29, 1.82) is 0 Å². The predicted octanol–water partition coefficient (Wildman–Crippen LogP) is 1.36. The Morgan fingerprint density at radius 3 is 2.74 bits per heavy atom. The Kier molecular flexibility index (Phi) is 5.15. The molecule has 0 amide bonds. The van der Waals surface area contributed by atoms with E-state index in [1.54, 1.807) is 7.11 Å². The van der Waals surface area contributed by atoms with Gasteiger partial charge >= 0.3 is 0 Å². The van der Waals surface area contributed by atoms with E-state index in [4.69, 9.17) is 16.3 Å². The van der Waals surface area contributed by atoms with Crippen molar-refractivity contribution in [2.24, 2.45) is 0 Å². The first-order valence-corrected chi connectivity index (χ1v) is 8.26. The van der Waals surface area contributed by atoms with Crippen molar-refractivity contribution in [2.75, 3.05) is 50.6 Å². The number of hydrogen-bond donors (Lipinski definition) is 1. The minimum Gasteiger partial charge on any atom is -0.481 e. The second kappa shape index (κ2) is 7.29. The highest BCUT2D eigenvalue weighted by molar-refractivity contribution is 6.18. The van der Waals surface area contributed by atoms with Crippen LogP contribution < -0.4 is 9.64 Å². The van der Waals surface area contributed by atoms with E-state index in [9.17, 15) is 5.11 Å². The second-order valence-corrected chi connectivity index (χ2v) is 5.96. The van der Waals surface area contributed by atoms with Gasteiger partial charge in [-0.3, -0.25) is 9.88 Å². The maximum Gasteiger partial charge on any atom is 0.213 e. The maximum atomic E-state index is 9.67. The molecule has 1 saturated heterocycles. The predicted molar refractivity (Wildman–Crippen MR) is 91.5 cm³/mol. The van der Waals surface area contributed by atoms with Gasteiger partial charge in [0.1, 0.15) is 5.52 Å². The van der Waals surface area contributed by atoms with Crippen molar-refractivity contribution in [3.05, 3.63) is 24.4 Å². The van der Waals surface area contributed by atoms with Crippen molar-refractivity contribution in [1.82, 2.24) is 14.9 Å². The fourth-order valence-electron chi connectivity index (χ4n) is 2.88. The van der Waals surface area contributed by atoms with Crippen LogP contribution in [0.5, 0.6) is 5.88 Å². The molecule has 1 N–H and O–H groups in total. The van der Waals surface area contributed by atoms with Crippen molar-refractivity contribution < 1.29 is 9.84 Å². The maximum absolute atomic E-state index is 9.67. The van der Waals surface area contributed by atoms with Gasteiger partial charge < -0.3 is 14.7 Å². The summed E-state index contributed by atoms with van der Waals surface area (Å²) in [6.07, 6.45) is 1.35. The van der Waals surface area contributed by atoms with Gasteiger partial charge in [0.2, 0.25) is 5.88 Å². The first kappa shape index (κ1) is 16.2. The highest BCUT2D eigenvalue weighted by atomic mass is 35.5. The van der Waals surface area contributed by atoms with Crippen LogP contribution in [0, 0.1) is 0 Å². The smallest absolute Gasteiger partial charge is 0.213 e. The number of hydrogen-bond acceptors (Lipinski definition) is 6. The van der Waals surface area contributed by atoms with Crippen LogP contribution in [0.4, 0.5) is 5.69 Å². The Labute approximate surface area is 140 Å². The van der Waals surface area contributed by atoms with E-state index in [2.05, 4.69) is 19.8 Å². The molecular weight excluding hydrogens is 316 g/mol. The Balaban J connectivity index is 1.77. The first-order valence-electron chi connectivity index (χ1n) is 7.72. The number of ether oxygens (including phenoxy) is 1. The Morgan fingerprint density at radius 1 is 1.26 bits per heavy atom. The minimum atomic E-state index is -0.462. The number of nitrogens with zero attached hydrogens (tertiary/aromatic N) is 4. The molecule has 6 nitrogen and oxygen atoms in total. The van der Waals surface area contributed by atoms with Gasteiger partial charge in [0, 0.05) is 50.9 Å². The molecule has 0 saturated carbocycles. The molecule has 124 valence electrons. The van der Waals surface area contributed by atoms with Gasteiger partial charge in [0.15, 0.2) is 0 Å². The van der Waals surface area contributed by atoms with Crippen molar-refractivity contribution in [3.8, 4) is 5.88 Å². The Bertz CT molecular complexity index is 662. The van der Waals surface area contributed by atoms with Gasteiger partial charge in [-0.2, -0.15) is 0 Å². The standard InChI is InChI=1S/C16H21ClN4O2/c1-23-15-3-2-13-16(19-15)14(4-5-18-13)21-8-6-20(7-9-21)11-12(22)10-17/h2-5,12,22H,6-11H2,1H3/t12-/m1/s1. The van der Waals surface area contributed by atoms with E-state index >= 15 is 0 Å². The zero-order valence-corrected chi connectivity index (χ0v) is 13.9. The third-order valence-electron chi connectivity index (χ3n) is 4.11. The lowest BCUT2D eigenvalue weighted by Gasteiger charge is -2.36. The van der Waals surface area contributed by atoms with Gasteiger partial charge in [-0.25, -0.2) is 4.98 Å². The van der Waals surface area contributed by atoms with Gasteiger partial charge in [-0.15, -0.1) is 11.6 Å². The van der Waals surface area contributed by atoms with Crippen molar-refractivity contribution in [2.45, 2.75) is 6.10 Å². The molecule has 0 unspecified atom stereocenters. The molecule has 2 aromatic rings. The topological polar surface area (TPSA) is 61.7 Å². The van der Waals surface area contributed by atoms with Crippen LogP contribution in [0.25, 0.3) is 11.0 Å². The highest BCUT2D eigenvalue weighted by Crippen LogP contribution is 2.26. The second-order valence-electron chi connectivity index (χ2n) is 5.65. The summed E-state index contributed by atoms with van der Waals surface area (Å²) in [4.78, 5) is 13.5. The average Bonchev–Trinajstić information content (AvgIpc) is 2.61. The van der Waals surface area contributed by atoms with Crippen molar-refractivity contribution >= 4 is 28.3 Å². The van der Waals surface area contributed by atoms with Crippen LogP contribution in [0.1, 0.15) is 0 Å². The first-order chi connectivity index (χ1) is 11.2. The van der Waals surface area contributed by atoms with Crippen LogP contribution >= 0.6 is 11.6 Å². The number of alkyl halides is 1. The molecule has 0 radical (unpaired) electrons. The number of aliphatic hydroxyl groups excluding tert-OH is 1. The third-order valence-corrected chi connectivity index (χ3v) is 4.46. The molecule has 0 aromatic carbocycles. The molecule has 7 heteroatoms. The fourth-order valence-corrected chi connectivity index (χ4v) is 2.98. The van der Waals surface area contributed by atoms with Crippen LogP contribution in [-0.2, 0) is 0 Å². The van der Waals surface area contributed by atoms with E-state index < -0.39 is 6.10 Å². The summed E-state index contributed by atoms with van der Waals surface area (Å²) in [6, 6.07) is 5.75. The summed E-state index contributed by atoms with van der Waals surface area (Å²) in [5, 5.41) is 9.67. The molecule has 0 spiro atoms. The van der Waals surface area contributed by atoms with E-state index in [1.165, 1.54) is 0 Å². The summed E-state index contributed by atoms with van der Waals surface area (Å²) in [5.41, 5.74) is 2.80. The largest absolute Gasteiger partial charge is 0.481 e. The summed E-state index contributed by atoms with van der Waals surface area (Å²) in [5.74, 6) is 0.870. The van der Waals surface area contributed by atoms with Crippen LogP contribution in [0.3, 0.4) is 0 Å². The number of piperazine rings is 1. The normalized spacial score (nSPS) is 17.4. The fraction of sp³-hybridized carbons (Fsp3) is 0.500. The number of aromatic nitrogens is 2. The number of rotatable bonds is 5. The number of halogens is 1. The van der Waals surface area contributed by atoms with E-state index in [-0.39, 0.29) is 5.88 Å². The van der Waals surface area contributed by atoms with Crippen LogP contribution in [0.2, 0.25) is 0 Å². The Morgan fingerprint density at radius 2 is 2.04 bits per heavy atom. The summed E-state index contributed by atoms with van der Waals surface area (Å²) >= 11 is 5.68. The number of fused-ring (bicyclic) bond motifs is 1. The molecule has 23 heavy (non-hydrogen) atoms. The molecule has 3 rings (SSSR count). The summed E-state index contributed by atoms with van der Waals surface area (Å²) in [6.45, 7) is 4.17. The summed E-state index contributed by atoms with van der Waals surface area (Å²) < 4.78 is 5.23. The third kappa shape index (κ3) is 3.65. The zero-order chi connectivity index (χ0) is 16.2. The number of β-amino-alcohol motifs (C(OH)–C–C–N with tert-alkyl or cyclic N) is 1. The van der Waals surface area contributed by atoms with Gasteiger partial charge in [-0.05, 0) is 12.1 Å². The molecule has 1 aliphatic rings. The molecule has 2 aromatic heterocycles. The number of aliphatic hydroxyl groups is 1. The van der Waals surface area contributed by atoms with Gasteiger partial charge in [0.25, 0.3) is 0 Å². The van der Waals surface area contributed by atoms with Gasteiger partial charge in [0.05, 0.1) is 24.4 Å². The molecule has 0 aliphatic carbocycles. The lowest BCUT2D eigenvalue weighted by Crippen LogP contribution is -2.48. The molecule has 1 aliphatic heterocycles. The lowest BCUT2D eigenvalue weighted by molar-refractivity contribution is 0.125. The molecule has 1 fully saturated rings. The van der Waals surface area contributed by atoms with Crippen LogP contribution in [-0.4, -0.2) is 71.8 Å². The number of anilines is 1. The molecule has 3 heterocycles. The SMILES string of the molecule is COc1ccc2nccc(N3CCN(C[C@H](O)CCl)CC3)c2n1. The number of pyridine rings is 2. The zero-order valence-electron chi connectivity index (χ0n) is 13.2.